The largest absolute Gasteiger partial charge is 0.492 e. The maximum Gasteiger partial charge on any atom is 0.231 e. The number of fused-ring (bicyclic) bond motifs is 1. The number of benzene rings is 2. The van der Waals surface area contributed by atoms with Crippen LogP contribution in [0.2, 0.25) is 0 Å². The van der Waals surface area contributed by atoms with Crippen LogP contribution in [0.15, 0.2) is 42.5 Å². The normalized spacial score (nSPS) is 16.8. The molecule has 0 spiro atoms. The van der Waals surface area contributed by atoms with E-state index in [1.54, 1.807) is 12.1 Å². The van der Waals surface area contributed by atoms with E-state index in [1.165, 1.54) is 30.3 Å². The van der Waals surface area contributed by atoms with Crippen LogP contribution in [0.3, 0.4) is 0 Å². The summed E-state index contributed by atoms with van der Waals surface area (Å²) in [6, 6.07) is 9.99. The molecule has 21 heavy (non-hydrogen) atoms. The molecule has 108 valence electrons. The summed E-state index contributed by atoms with van der Waals surface area (Å²) in [4.78, 5) is 12.2. The van der Waals surface area contributed by atoms with Crippen molar-refractivity contribution in [2.75, 3.05) is 11.9 Å². The number of anilines is 1. The van der Waals surface area contributed by atoms with Crippen LogP contribution in [0, 0.1) is 17.6 Å². The molecule has 1 aliphatic heterocycles. The third-order valence-corrected chi connectivity index (χ3v) is 3.40. The number of hydrogen-bond acceptors (Lipinski definition) is 2. The minimum absolute atomic E-state index is 0.178. The second-order valence-corrected chi connectivity index (χ2v) is 4.96. The van der Waals surface area contributed by atoms with Crippen molar-refractivity contribution < 1.29 is 18.3 Å². The molecule has 0 aromatic heterocycles. The molecule has 1 amide bonds. The van der Waals surface area contributed by atoms with Gasteiger partial charge in [-0.05, 0) is 36.2 Å². The van der Waals surface area contributed by atoms with E-state index in [2.05, 4.69) is 5.32 Å². The minimum Gasteiger partial charge on any atom is -0.492 e. The predicted octanol–water partition coefficient (Wildman–Crippen LogP) is 3.15. The van der Waals surface area contributed by atoms with Gasteiger partial charge < -0.3 is 10.1 Å². The molecule has 3 rings (SSSR count). The highest BCUT2D eigenvalue weighted by Crippen LogP contribution is 2.28. The molecule has 0 saturated heterocycles. The summed E-state index contributed by atoms with van der Waals surface area (Å²) in [5.74, 6) is -0.920. The Balaban J connectivity index is 1.71. The Bertz CT molecular complexity index is 688. The van der Waals surface area contributed by atoms with E-state index in [0.717, 1.165) is 5.56 Å². The van der Waals surface area contributed by atoms with E-state index >= 15 is 0 Å². The maximum absolute atomic E-state index is 13.1. The van der Waals surface area contributed by atoms with Crippen molar-refractivity contribution in [1.29, 1.82) is 0 Å². The summed E-state index contributed by atoms with van der Waals surface area (Å²) < 4.78 is 31.6. The van der Waals surface area contributed by atoms with Crippen molar-refractivity contribution >= 4 is 11.6 Å². The molecule has 1 aliphatic rings. The average molecular weight is 289 g/mol. The van der Waals surface area contributed by atoms with Gasteiger partial charge in [0.2, 0.25) is 5.91 Å². The van der Waals surface area contributed by atoms with Gasteiger partial charge in [-0.1, -0.05) is 12.1 Å². The van der Waals surface area contributed by atoms with Gasteiger partial charge in [0.05, 0.1) is 5.92 Å². The topological polar surface area (TPSA) is 38.3 Å². The van der Waals surface area contributed by atoms with Crippen molar-refractivity contribution in [3.8, 4) is 5.75 Å². The highest BCUT2D eigenvalue weighted by Gasteiger charge is 2.26. The summed E-state index contributed by atoms with van der Waals surface area (Å²) in [5, 5.41) is 2.66. The molecule has 2 aromatic rings. The molecule has 1 unspecified atom stereocenters. The quantitative estimate of drug-likeness (QED) is 0.922. The van der Waals surface area contributed by atoms with Crippen LogP contribution in [0.1, 0.15) is 5.56 Å². The van der Waals surface area contributed by atoms with E-state index in [0.29, 0.717) is 17.9 Å². The summed E-state index contributed by atoms with van der Waals surface area (Å²) in [6.07, 6.45) is 0.469. The number of nitrogens with one attached hydrogen (secondary N) is 1. The zero-order chi connectivity index (χ0) is 14.8. The smallest absolute Gasteiger partial charge is 0.231 e. The molecule has 1 N–H and O–H groups in total. The zero-order valence-electron chi connectivity index (χ0n) is 11.1. The molecule has 0 aliphatic carbocycles. The molecule has 3 nitrogen and oxygen atoms in total. The van der Waals surface area contributed by atoms with Crippen LogP contribution in [-0.4, -0.2) is 12.5 Å². The van der Waals surface area contributed by atoms with Crippen LogP contribution in [0.25, 0.3) is 0 Å². The van der Waals surface area contributed by atoms with Crippen molar-refractivity contribution in [3.05, 3.63) is 59.7 Å². The average Bonchev–Trinajstić information content (AvgIpc) is 2.46. The Morgan fingerprint density at radius 2 is 1.95 bits per heavy atom. The van der Waals surface area contributed by atoms with Crippen molar-refractivity contribution in [3.63, 3.8) is 0 Å². The first-order valence-electron chi connectivity index (χ1n) is 6.59. The third-order valence-electron chi connectivity index (χ3n) is 3.40. The first-order chi connectivity index (χ1) is 10.1. The lowest BCUT2D eigenvalue weighted by atomic mass is 9.96. The molecule has 0 radical (unpaired) electrons. The van der Waals surface area contributed by atoms with Crippen molar-refractivity contribution in [2.24, 2.45) is 5.92 Å². The highest BCUT2D eigenvalue weighted by atomic mass is 19.1. The lowest BCUT2D eigenvalue weighted by Crippen LogP contribution is -2.32. The Morgan fingerprint density at radius 1 is 1.14 bits per heavy atom. The number of halogens is 2. The summed E-state index contributed by atoms with van der Waals surface area (Å²) in [7, 11) is 0. The van der Waals surface area contributed by atoms with Crippen LogP contribution in [-0.2, 0) is 11.2 Å². The van der Waals surface area contributed by atoms with Gasteiger partial charge in [0, 0.05) is 11.8 Å². The molecular formula is C16H13F2NO2. The van der Waals surface area contributed by atoms with Crippen LogP contribution >= 0.6 is 0 Å². The summed E-state index contributed by atoms with van der Waals surface area (Å²) in [5.41, 5.74) is 1.20. The molecule has 0 fully saturated rings. The third kappa shape index (κ3) is 3.02. The van der Waals surface area contributed by atoms with Crippen LogP contribution in [0.5, 0.6) is 5.75 Å². The number of rotatable bonds is 2. The number of amides is 1. The fraction of sp³-hybridized carbons (Fsp3) is 0.188. The monoisotopic (exact) mass is 289 g/mol. The lowest BCUT2D eigenvalue weighted by Gasteiger charge is -2.24. The number of hydrogen-bond donors (Lipinski definition) is 1. The Hall–Kier alpha value is -2.43. The lowest BCUT2D eigenvalue weighted by molar-refractivity contribution is -0.121. The van der Waals surface area contributed by atoms with Crippen LogP contribution in [0.4, 0.5) is 14.5 Å². The predicted molar refractivity (Wildman–Crippen MR) is 74.1 cm³/mol. The van der Waals surface area contributed by atoms with Crippen molar-refractivity contribution in [2.45, 2.75) is 6.42 Å². The fourth-order valence-electron chi connectivity index (χ4n) is 2.33. The van der Waals surface area contributed by atoms with Gasteiger partial charge in [-0.25, -0.2) is 8.78 Å². The second kappa shape index (κ2) is 5.52. The molecule has 1 atom stereocenters. The minimum atomic E-state index is -0.409. The molecule has 1 heterocycles. The standard InChI is InChI=1S/C16H13F2NO2/c17-12-2-1-3-14(7-12)19-16(20)11-6-10-4-5-13(18)8-15(10)21-9-11/h1-5,7-8,11H,6,9H2,(H,19,20). The molecule has 5 heteroatoms. The molecule has 0 saturated carbocycles. The highest BCUT2D eigenvalue weighted by molar-refractivity contribution is 5.93. The van der Waals surface area contributed by atoms with E-state index in [4.69, 9.17) is 4.74 Å². The van der Waals surface area contributed by atoms with Gasteiger partial charge in [-0.15, -0.1) is 0 Å². The second-order valence-electron chi connectivity index (χ2n) is 4.96. The number of ether oxygens (including phenoxy) is 1. The molecular weight excluding hydrogens is 276 g/mol. The number of carbonyl (C=O) groups is 1. The Morgan fingerprint density at radius 3 is 2.76 bits per heavy atom. The first-order valence-corrected chi connectivity index (χ1v) is 6.59. The van der Waals surface area contributed by atoms with Gasteiger partial charge >= 0.3 is 0 Å². The number of carbonyl (C=O) groups excluding carboxylic acids is 1. The Labute approximate surface area is 120 Å². The van der Waals surface area contributed by atoms with Gasteiger partial charge in [0.25, 0.3) is 0 Å². The summed E-state index contributed by atoms with van der Waals surface area (Å²) in [6.45, 7) is 0.178. The van der Waals surface area contributed by atoms with Crippen LogP contribution < -0.4 is 10.1 Å². The summed E-state index contributed by atoms with van der Waals surface area (Å²) >= 11 is 0. The van der Waals surface area contributed by atoms with E-state index in [1.807, 2.05) is 0 Å². The Kier molecular flexibility index (Phi) is 3.56. The fourth-order valence-corrected chi connectivity index (χ4v) is 2.33. The SMILES string of the molecule is O=C(Nc1cccc(F)c1)C1COc2cc(F)ccc2C1. The zero-order valence-corrected chi connectivity index (χ0v) is 11.1. The van der Waals surface area contributed by atoms with Gasteiger partial charge in [0.1, 0.15) is 24.0 Å². The maximum atomic E-state index is 13.1. The van der Waals surface area contributed by atoms with E-state index in [9.17, 15) is 13.6 Å². The van der Waals surface area contributed by atoms with Gasteiger partial charge in [-0.3, -0.25) is 4.79 Å². The molecule has 2 aromatic carbocycles. The van der Waals surface area contributed by atoms with E-state index in [-0.39, 0.29) is 24.2 Å². The van der Waals surface area contributed by atoms with Gasteiger partial charge in [0.15, 0.2) is 0 Å². The van der Waals surface area contributed by atoms with E-state index < -0.39 is 5.82 Å². The van der Waals surface area contributed by atoms with Crippen molar-refractivity contribution in [1.82, 2.24) is 0 Å². The molecule has 0 bridgehead atoms. The first kappa shape index (κ1) is 13.5. The van der Waals surface area contributed by atoms with Gasteiger partial charge in [-0.2, -0.15) is 0 Å².